The highest BCUT2D eigenvalue weighted by molar-refractivity contribution is 6.04. The lowest BCUT2D eigenvalue weighted by atomic mass is 10.1. The standard InChI is InChI=1S/C17H13N3O/c21-17(20-15-4-2-1-3-5-15)14-6-7-16(19-12-14)13-8-10-18-11-9-13/h1-12H,(H,20,21). The third kappa shape index (κ3) is 3.12. The van der Waals surface area contributed by atoms with Gasteiger partial charge in [-0.05, 0) is 36.4 Å². The number of carbonyl (C=O) groups is 1. The number of carbonyl (C=O) groups excluding carboxylic acids is 1. The molecule has 1 amide bonds. The first-order valence-electron chi connectivity index (χ1n) is 6.56. The van der Waals surface area contributed by atoms with E-state index in [1.165, 1.54) is 0 Å². The molecule has 0 spiro atoms. The molecule has 0 fully saturated rings. The molecule has 4 nitrogen and oxygen atoms in total. The number of hydrogen-bond donors (Lipinski definition) is 1. The van der Waals surface area contributed by atoms with Crippen molar-refractivity contribution in [2.24, 2.45) is 0 Å². The average molecular weight is 275 g/mol. The monoisotopic (exact) mass is 275 g/mol. The molecular weight excluding hydrogens is 262 g/mol. The topological polar surface area (TPSA) is 54.9 Å². The summed E-state index contributed by atoms with van der Waals surface area (Å²) in [5, 5.41) is 2.83. The summed E-state index contributed by atoms with van der Waals surface area (Å²) in [7, 11) is 0. The maximum Gasteiger partial charge on any atom is 0.257 e. The Labute approximate surface area is 122 Å². The van der Waals surface area contributed by atoms with Gasteiger partial charge in [-0.25, -0.2) is 0 Å². The smallest absolute Gasteiger partial charge is 0.257 e. The lowest BCUT2D eigenvalue weighted by Gasteiger charge is -2.05. The Balaban J connectivity index is 1.77. The predicted octanol–water partition coefficient (Wildman–Crippen LogP) is 3.40. The zero-order valence-electron chi connectivity index (χ0n) is 11.2. The van der Waals surface area contributed by atoms with Crippen LogP contribution in [0.25, 0.3) is 11.3 Å². The van der Waals surface area contributed by atoms with Crippen molar-refractivity contribution in [3.8, 4) is 11.3 Å². The van der Waals surface area contributed by atoms with Crippen LogP contribution in [0.1, 0.15) is 10.4 Å². The minimum atomic E-state index is -0.171. The first kappa shape index (κ1) is 13.0. The summed E-state index contributed by atoms with van der Waals surface area (Å²) < 4.78 is 0. The fraction of sp³-hybridized carbons (Fsp3) is 0. The van der Waals surface area contributed by atoms with E-state index in [-0.39, 0.29) is 5.91 Å². The predicted molar refractivity (Wildman–Crippen MR) is 81.9 cm³/mol. The maximum absolute atomic E-state index is 12.1. The highest BCUT2D eigenvalue weighted by Gasteiger charge is 2.07. The summed E-state index contributed by atoms with van der Waals surface area (Å²) in [6.45, 7) is 0. The molecule has 0 unspecified atom stereocenters. The number of nitrogens with zero attached hydrogens (tertiary/aromatic N) is 2. The summed E-state index contributed by atoms with van der Waals surface area (Å²) >= 11 is 0. The highest BCUT2D eigenvalue weighted by atomic mass is 16.1. The van der Waals surface area contributed by atoms with Gasteiger partial charge in [0.2, 0.25) is 0 Å². The van der Waals surface area contributed by atoms with Gasteiger partial charge >= 0.3 is 0 Å². The number of benzene rings is 1. The van der Waals surface area contributed by atoms with Crippen LogP contribution >= 0.6 is 0 Å². The number of pyridine rings is 2. The van der Waals surface area contributed by atoms with Gasteiger partial charge in [-0.15, -0.1) is 0 Å². The second-order valence-corrected chi connectivity index (χ2v) is 4.49. The van der Waals surface area contributed by atoms with Gasteiger partial charge in [-0.3, -0.25) is 14.8 Å². The molecule has 0 aliphatic carbocycles. The van der Waals surface area contributed by atoms with Crippen LogP contribution in [-0.4, -0.2) is 15.9 Å². The summed E-state index contributed by atoms with van der Waals surface area (Å²) in [6, 6.07) is 16.7. The molecule has 3 rings (SSSR count). The zero-order chi connectivity index (χ0) is 14.5. The van der Waals surface area contributed by atoms with Gasteiger partial charge in [0.05, 0.1) is 11.3 Å². The lowest BCUT2D eigenvalue weighted by Crippen LogP contribution is -2.12. The third-order valence-corrected chi connectivity index (χ3v) is 3.03. The van der Waals surface area contributed by atoms with E-state index in [0.717, 1.165) is 16.9 Å². The highest BCUT2D eigenvalue weighted by Crippen LogP contribution is 2.16. The van der Waals surface area contributed by atoms with E-state index in [1.807, 2.05) is 48.5 Å². The molecule has 2 heterocycles. The fourth-order valence-electron chi connectivity index (χ4n) is 1.95. The third-order valence-electron chi connectivity index (χ3n) is 3.03. The van der Waals surface area contributed by atoms with Crippen molar-refractivity contribution in [2.75, 3.05) is 5.32 Å². The summed E-state index contributed by atoms with van der Waals surface area (Å²) in [4.78, 5) is 20.4. The van der Waals surface area contributed by atoms with Crippen LogP contribution < -0.4 is 5.32 Å². The second kappa shape index (κ2) is 5.96. The van der Waals surface area contributed by atoms with Crippen LogP contribution in [0.5, 0.6) is 0 Å². The second-order valence-electron chi connectivity index (χ2n) is 4.49. The quantitative estimate of drug-likeness (QED) is 0.797. The molecule has 0 saturated carbocycles. The number of anilines is 1. The van der Waals surface area contributed by atoms with Gasteiger partial charge in [-0.2, -0.15) is 0 Å². The van der Waals surface area contributed by atoms with Gasteiger partial charge in [0, 0.05) is 29.8 Å². The van der Waals surface area contributed by atoms with E-state index in [1.54, 1.807) is 24.7 Å². The van der Waals surface area contributed by atoms with Gasteiger partial charge in [0.15, 0.2) is 0 Å². The molecule has 1 N–H and O–H groups in total. The van der Waals surface area contributed by atoms with Crippen LogP contribution in [0.3, 0.4) is 0 Å². The minimum absolute atomic E-state index is 0.171. The van der Waals surface area contributed by atoms with Crippen LogP contribution in [0.2, 0.25) is 0 Å². The maximum atomic E-state index is 12.1. The number of amides is 1. The van der Waals surface area contributed by atoms with Crippen molar-refractivity contribution < 1.29 is 4.79 Å². The van der Waals surface area contributed by atoms with E-state index in [9.17, 15) is 4.79 Å². The van der Waals surface area contributed by atoms with E-state index in [4.69, 9.17) is 0 Å². The number of rotatable bonds is 3. The molecule has 21 heavy (non-hydrogen) atoms. The van der Waals surface area contributed by atoms with E-state index < -0.39 is 0 Å². The molecule has 0 aliphatic heterocycles. The number of aromatic nitrogens is 2. The van der Waals surface area contributed by atoms with Gasteiger partial charge in [0.1, 0.15) is 0 Å². The molecule has 0 aliphatic rings. The van der Waals surface area contributed by atoms with Crippen molar-refractivity contribution in [2.45, 2.75) is 0 Å². The van der Waals surface area contributed by atoms with Crippen molar-refractivity contribution in [3.05, 3.63) is 78.8 Å². The Kier molecular flexibility index (Phi) is 3.69. The first-order valence-corrected chi connectivity index (χ1v) is 6.56. The Morgan fingerprint density at radius 2 is 1.67 bits per heavy atom. The van der Waals surface area contributed by atoms with Crippen molar-refractivity contribution in [1.29, 1.82) is 0 Å². The fourth-order valence-corrected chi connectivity index (χ4v) is 1.95. The SMILES string of the molecule is O=C(Nc1ccccc1)c1ccc(-c2ccncc2)nc1. The average Bonchev–Trinajstić information content (AvgIpc) is 2.57. The van der Waals surface area contributed by atoms with E-state index in [2.05, 4.69) is 15.3 Å². The van der Waals surface area contributed by atoms with Crippen LogP contribution in [0.4, 0.5) is 5.69 Å². The normalized spacial score (nSPS) is 10.1. The molecule has 3 aromatic rings. The zero-order valence-corrected chi connectivity index (χ0v) is 11.2. The molecule has 0 saturated heterocycles. The number of para-hydroxylation sites is 1. The molecule has 0 radical (unpaired) electrons. The Bertz CT molecular complexity index is 725. The minimum Gasteiger partial charge on any atom is -0.322 e. The van der Waals surface area contributed by atoms with Gasteiger partial charge < -0.3 is 5.32 Å². The molecular formula is C17H13N3O. The van der Waals surface area contributed by atoms with Crippen LogP contribution in [-0.2, 0) is 0 Å². The van der Waals surface area contributed by atoms with Gasteiger partial charge in [0.25, 0.3) is 5.91 Å². The lowest BCUT2D eigenvalue weighted by molar-refractivity contribution is 0.102. The summed E-state index contributed by atoms with van der Waals surface area (Å²) in [5.74, 6) is -0.171. The Morgan fingerprint density at radius 3 is 2.33 bits per heavy atom. The molecule has 1 aromatic carbocycles. The van der Waals surface area contributed by atoms with Crippen molar-refractivity contribution >= 4 is 11.6 Å². The summed E-state index contributed by atoms with van der Waals surface area (Å²) in [5.41, 5.74) is 3.08. The van der Waals surface area contributed by atoms with Crippen molar-refractivity contribution in [1.82, 2.24) is 9.97 Å². The van der Waals surface area contributed by atoms with Crippen molar-refractivity contribution in [3.63, 3.8) is 0 Å². The number of hydrogen-bond acceptors (Lipinski definition) is 3. The summed E-state index contributed by atoms with van der Waals surface area (Å²) in [6.07, 6.45) is 5.01. The largest absolute Gasteiger partial charge is 0.322 e. The van der Waals surface area contributed by atoms with Crippen LogP contribution in [0, 0.1) is 0 Å². The molecule has 0 bridgehead atoms. The van der Waals surface area contributed by atoms with Crippen LogP contribution in [0.15, 0.2) is 73.2 Å². The first-order chi connectivity index (χ1) is 10.3. The van der Waals surface area contributed by atoms with E-state index in [0.29, 0.717) is 5.56 Å². The molecule has 4 heteroatoms. The molecule has 102 valence electrons. The van der Waals surface area contributed by atoms with E-state index >= 15 is 0 Å². The van der Waals surface area contributed by atoms with Gasteiger partial charge in [-0.1, -0.05) is 18.2 Å². The Hall–Kier alpha value is -3.01. The Morgan fingerprint density at radius 1 is 0.905 bits per heavy atom. The molecule has 0 atom stereocenters. The number of nitrogens with one attached hydrogen (secondary N) is 1. The molecule has 2 aromatic heterocycles.